The number of nitrogens with two attached hydrogens (primary N) is 1. The van der Waals surface area contributed by atoms with E-state index in [4.69, 9.17) is 19.9 Å². The molecule has 8 heteroatoms. The summed E-state index contributed by atoms with van der Waals surface area (Å²) in [6.45, 7) is 10.4. The summed E-state index contributed by atoms with van der Waals surface area (Å²) in [5.41, 5.74) is 6.78. The molecule has 3 aromatic rings. The molecule has 0 aliphatic carbocycles. The number of para-hydroxylation sites is 1. The second-order valence-corrected chi connectivity index (χ2v) is 9.31. The molecule has 2 amide bonds. The van der Waals surface area contributed by atoms with Crippen LogP contribution in [-0.4, -0.2) is 40.6 Å². The van der Waals surface area contributed by atoms with E-state index in [1.807, 2.05) is 71.0 Å². The van der Waals surface area contributed by atoms with Crippen molar-refractivity contribution in [3.63, 3.8) is 0 Å². The van der Waals surface area contributed by atoms with Crippen molar-refractivity contribution in [1.82, 2.24) is 9.88 Å². The molecule has 0 unspecified atom stereocenters. The van der Waals surface area contributed by atoms with Gasteiger partial charge in [-0.05, 0) is 81.3 Å². The summed E-state index contributed by atoms with van der Waals surface area (Å²) in [4.78, 5) is 30.6. The van der Waals surface area contributed by atoms with Gasteiger partial charge in [-0.25, -0.2) is 9.78 Å². The van der Waals surface area contributed by atoms with E-state index in [9.17, 15) is 9.59 Å². The summed E-state index contributed by atoms with van der Waals surface area (Å²) in [5, 5.41) is 0. The number of hydrogen-bond donors (Lipinski definition) is 1. The number of hydrogen-bond acceptors (Lipinski definition) is 6. The zero-order chi connectivity index (χ0) is 27.7. The monoisotopic (exact) mass is 517 g/mol. The van der Waals surface area contributed by atoms with Crippen LogP contribution in [0.1, 0.15) is 57.1 Å². The molecule has 0 saturated heterocycles. The summed E-state index contributed by atoms with van der Waals surface area (Å²) >= 11 is 0. The van der Waals surface area contributed by atoms with Crippen molar-refractivity contribution in [2.45, 2.75) is 46.6 Å². The lowest BCUT2D eigenvalue weighted by Crippen LogP contribution is -2.39. The fourth-order valence-electron chi connectivity index (χ4n) is 3.59. The van der Waals surface area contributed by atoms with Crippen molar-refractivity contribution in [3.05, 3.63) is 84.1 Å². The molecule has 2 aromatic carbocycles. The molecule has 2 N–H and O–H groups in total. The Hall–Kier alpha value is -4.33. The molecule has 0 bridgehead atoms. The van der Waals surface area contributed by atoms with Gasteiger partial charge in [-0.15, -0.1) is 0 Å². The van der Waals surface area contributed by atoms with Crippen molar-refractivity contribution in [2.75, 3.05) is 13.1 Å². The van der Waals surface area contributed by atoms with E-state index in [2.05, 4.69) is 4.98 Å². The van der Waals surface area contributed by atoms with Crippen LogP contribution in [0.5, 0.6) is 23.1 Å². The van der Waals surface area contributed by atoms with Crippen LogP contribution in [0, 0.1) is 0 Å². The molecule has 1 aromatic heterocycles. The third kappa shape index (κ3) is 7.83. The van der Waals surface area contributed by atoms with Gasteiger partial charge in [-0.2, -0.15) is 0 Å². The molecule has 0 spiro atoms. The van der Waals surface area contributed by atoms with Gasteiger partial charge in [-0.1, -0.05) is 38.1 Å². The third-order valence-corrected chi connectivity index (χ3v) is 5.33. The van der Waals surface area contributed by atoms with Gasteiger partial charge in [0.15, 0.2) is 0 Å². The zero-order valence-corrected chi connectivity index (χ0v) is 22.6. The summed E-state index contributed by atoms with van der Waals surface area (Å²) < 4.78 is 17.2. The molecule has 0 saturated carbocycles. The number of primary amides is 1. The summed E-state index contributed by atoms with van der Waals surface area (Å²) in [5.74, 6) is 1.33. The van der Waals surface area contributed by atoms with Crippen LogP contribution in [0.2, 0.25) is 0 Å². The van der Waals surface area contributed by atoms with Crippen molar-refractivity contribution in [3.8, 4) is 23.1 Å². The second kappa shape index (κ2) is 12.8. The van der Waals surface area contributed by atoms with Crippen LogP contribution in [0.4, 0.5) is 4.79 Å². The number of carbonyl (C=O) groups excluding carboxylic acids is 2. The van der Waals surface area contributed by atoms with Crippen molar-refractivity contribution >= 4 is 17.6 Å². The molecule has 38 heavy (non-hydrogen) atoms. The van der Waals surface area contributed by atoms with E-state index in [0.717, 1.165) is 11.3 Å². The second-order valence-electron chi connectivity index (χ2n) is 9.31. The van der Waals surface area contributed by atoms with E-state index < -0.39 is 11.5 Å². The highest BCUT2D eigenvalue weighted by atomic mass is 16.6. The molecule has 8 nitrogen and oxygen atoms in total. The Bertz CT molecular complexity index is 1270. The minimum Gasteiger partial charge on any atom is -0.457 e. The number of nitrogens with zero attached hydrogens (tertiary/aromatic N) is 2. The van der Waals surface area contributed by atoms with Gasteiger partial charge in [-0.3, -0.25) is 4.79 Å². The zero-order valence-electron chi connectivity index (χ0n) is 22.6. The normalized spacial score (nSPS) is 13.0. The van der Waals surface area contributed by atoms with Gasteiger partial charge in [0.05, 0.1) is 5.69 Å². The van der Waals surface area contributed by atoms with Crippen LogP contribution in [0.3, 0.4) is 0 Å². The topological polar surface area (TPSA) is 104 Å². The van der Waals surface area contributed by atoms with E-state index in [1.54, 1.807) is 41.3 Å². The molecule has 1 aliphatic rings. The maximum Gasteiger partial charge on any atom is 0.410 e. The van der Waals surface area contributed by atoms with Crippen molar-refractivity contribution in [2.24, 2.45) is 5.73 Å². The molecular formula is C30H35N3O5. The van der Waals surface area contributed by atoms with Gasteiger partial charge < -0.3 is 24.8 Å². The third-order valence-electron chi connectivity index (χ3n) is 5.33. The maximum atomic E-state index is 12.3. The Kier molecular flexibility index (Phi) is 9.49. The summed E-state index contributed by atoms with van der Waals surface area (Å²) in [7, 11) is 0. The molecule has 0 atom stereocenters. The fraction of sp³-hybridized carbons (Fsp3) is 0.300. The highest BCUT2D eigenvalue weighted by Gasteiger charge is 2.24. The number of amides is 2. The molecule has 200 valence electrons. The van der Waals surface area contributed by atoms with Crippen molar-refractivity contribution in [1.29, 1.82) is 0 Å². The molecule has 1 aliphatic heterocycles. The molecular weight excluding hydrogens is 482 g/mol. The highest BCUT2D eigenvalue weighted by Crippen LogP contribution is 2.30. The predicted octanol–water partition coefficient (Wildman–Crippen LogP) is 6.82. The van der Waals surface area contributed by atoms with Gasteiger partial charge in [0.25, 0.3) is 5.91 Å². The van der Waals surface area contributed by atoms with E-state index >= 15 is 0 Å². The Morgan fingerprint density at radius 1 is 0.868 bits per heavy atom. The lowest BCUT2D eigenvalue weighted by atomic mass is 10.0. The van der Waals surface area contributed by atoms with Gasteiger partial charge in [0.2, 0.25) is 5.88 Å². The quantitative estimate of drug-likeness (QED) is 0.385. The number of ether oxygens (including phenoxy) is 3. The first-order chi connectivity index (χ1) is 18.2. The summed E-state index contributed by atoms with van der Waals surface area (Å²) in [6, 6.07) is 19.8. The first-order valence-corrected chi connectivity index (χ1v) is 12.7. The number of rotatable bonds is 6. The Balaban J connectivity index is 0.00000195. The van der Waals surface area contributed by atoms with Crippen LogP contribution in [-0.2, 0) is 4.74 Å². The highest BCUT2D eigenvalue weighted by molar-refractivity contribution is 5.95. The summed E-state index contributed by atoms with van der Waals surface area (Å²) in [6.07, 6.45) is 2.17. The number of carbonyl (C=O) groups is 2. The Labute approximate surface area is 224 Å². The van der Waals surface area contributed by atoms with Crippen LogP contribution in [0.15, 0.2) is 72.8 Å². The first kappa shape index (κ1) is 28.2. The molecule has 4 rings (SSSR count). The number of benzene rings is 2. The van der Waals surface area contributed by atoms with Crippen LogP contribution < -0.4 is 15.2 Å². The lowest BCUT2D eigenvalue weighted by Gasteiger charge is -2.29. The molecule has 0 fully saturated rings. The number of aromatic nitrogens is 1. The van der Waals surface area contributed by atoms with Crippen LogP contribution >= 0.6 is 0 Å². The minimum atomic E-state index is -0.637. The fourth-order valence-corrected chi connectivity index (χ4v) is 3.59. The first-order valence-electron chi connectivity index (χ1n) is 12.7. The smallest absolute Gasteiger partial charge is 0.410 e. The van der Waals surface area contributed by atoms with Crippen LogP contribution in [0.25, 0.3) is 5.57 Å². The number of pyridine rings is 1. The molecule has 0 radical (unpaired) electrons. The van der Waals surface area contributed by atoms with Gasteiger partial charge >= 0.3 is 6.09 Å². The van der Waals surface area contributed by atoms with Gasteiger partial charge in [0, 0.05) is 13.1 Å². The van der Waals surface area contributed by atoms with Crippen molar-refractivity contribution < 1.29 is 23.8 Å². The average Bonchev–Trinajstić information content (AvgIpc) is 2.90. The average molecular weight is 518 g/mol. The maximum absolute atomic E-state index is 12.3. The Morgan fingerprint density at radius 3 is 2.03 bits per heavy atom. The predicted molar refractivity (Wildman–Crippen MR) is 148 cm³/mol. The van der Waals surface area contributed by atoms with E-state index in [0.29, 0.717) is 36.7 Å². The minimum absolute atomic E-state index is 0.118. The van der Waals surface area contributed by atoms with E-state index in [1.165, 1.54) is 0 Å². The standard InChI is InChI=1S/C28H29N3O5.C2H6/c1-28(2,3)36-27(33)31-17-15-19(16-18-31)24-14-13-23(25(29)32)26(30-24)35-22-11-9-21(10-12-22)34-20-7-5-4-6-8-20;1-2/h4-15H,16-18H2,1-3H3,(H2,29,32);1-2H3. The van der Waals surface area contributed by atoms with Gasteiger partial charge in [0.1, 0.15) is 28.4 Å². The largest absolute Gasteiger partial charge is 0.457 e. The lowest BCUT2D eigenvalue weighted by molar-refractivity contribution is 0.0270. The van der Waals surface area contributed by atoms with E-state index in [-0.39, 0.29) is 17.5 Å². The SMILES string of the molecule is CC.CC(C)(C)OC(=O)N1CC=C(c2ccc(C(N)=O)c(Oc3ccc(Oc4ccccc4)cc3)n2)CC1. The molecule has 2 heterocycles. The Morgan fingerprint density at radius 2 is 1.47 bits per heavy atom.